The van der Waals surface area contributed by atoms with Crippen molar-refractivity contribution >= 4 is 5.91 Å². The van der Waals surface area contributed by atoms with E-state index in [-0.39, 0.29) is 12.5 Å². The van der Waals surface area contributed by atoms with Crippen molar-refractivity contribution in [3.8, 4) is 0 Å². The maximum absolute atomic E-state index is 12.2. The van der Waals surface area contributed by atoms with Crippen molar-refractivity contribution < 1.29 is 15.0 Å². The fourth-order valence-electron chi connectivity index (χ4n) is 4.64. The van der Waals surface area contributed by atoms with Crippen LogP contribution >= 0.6 is 0 Å². The molecule has 37 heavy (non-hydrogen) atoms. The Morgan fingerprint density at radius 1 is 0.622 bits per heavy atom. The van der Waals surface area contributed by atoms with Gasteiger partial charge in [0.05, 0.1) is 18.8 Å². The molecule has 0 aromatic heterocycles. The molecule has 1 amide bonds. The summed E-state index contributed by atoms with van der Waals surface area (Å²) < 4.78 is 0. The van der Waals surface area contributed by atoms with Crippen molar-refractivity contribution in [2.45, 2.75) is 174 Å². The predicted molar refractivity (Wildman–Crippen MR) is 161 cm³/mol. The molecule has 0 aliphatic rings. The molecule has 0 aromatic rings. The third kappa shape index (κ3) is 26.3. The molecule has 0 bridgehead atoms. The highest BCUT2D eigenvalue weighted by Gasteiger charge is 2.19. The van der Waals surface area contributed by atoms with E-state index in [2.05, 4.69) is 43.5 Å². The van der Waals surface area contributed by atoms with Crippen LogP contribution in [0.3, 0.4) is 0 Å². The third-order valence-corrected chi connectivity index (χ3v) is 7.18. The lowest BCUT2D eigenvalue weighted by molar-refractivity contribution is -0.123. The summed E-state index contributed by atoms with van der Waals surface area (Å²) in [5.41, 5.74) is 0. The molecule has 218 valence electrons. The molecule has 0 unspecified atom stereocenters. The van der Waals surface area contributed by atoms with Crippen molar-refractivity contribution in [3.05, 3.63) is 24.3 Å². The zero-order valence-corrected chi connectivity index (χ0v) is 24.7. The monoisotopic (exact) mass is 521 g/mol. The van der Waals surface area contributed by atoms with Gasteiger partial charge in [-0.2, -0.15) is 0 Å². The number of amides is 1. The van der Waals surface area contributed by atoms with Crippen LogP contribution in [0.5, 0.6) is 0 Å². The van der Waals surface area contributed by atoms with Crippen molar-refractivity contribution in [1.29, 1.82) is 0 Å². The number of carbonyl (C=O) groups is 1. The van der Waals surface area contributed by atoms with Gasteiger partial charge in [-0.1, -0.05) is 115 Å². The molecule has 0 aliphatic carbocycles. The van der Waals surface area contributed by atoms with Gasteiger partial charge in [0.25, 0.3) is 0 Å². The van der Waals surface area contributed by atoms with Crippen LogP contribution in [0, 0.1) is 0 Å². The average Bonchev–Trinajstić information content (AvgIpc) is 2.90. The first-order chi connectivity index (χ1) is 18.2. The van der Waals surface area contributed by atoms with E-state index in [9.17, 15) is 15.0 Å². The number of carbonyl (C=O) groups excluding carboxylic acids is 1. The second-order valence-corrected chi connectivity index (χ2v) is 10.9. The first-order valence-corrected chi connectivity index (χ1v) is 16.0. The maximum Gasteiger partial charge on any atom is 0.220 e. The smallest absolute Gasteiger partial charge is 0.220 e. The van der Waals surface area contributed by atoms with Gasteiger partial charge in [-0.25, -0.2) is 0 Å². The number of aliphatic hydroxyl groups excluding tert-OH is 2. The highest BCUT2D eigenvalue weighted by atomic mass is 16.3. The molecule has 0 fully saturated rings. The normalized spacial score (nSPS) is 13.5. The van der Waals surface area contributed by atoms with E-state index < -0.39 is 12.1 Å². The quantitative estimate of drug-likeness (QED) is 0.0711. The Bertz CT molecular complexity index is 532. The van der Waals surface area contributed by atoms with E-state index >= 15 is 0 Å². The molecule has 0 rings (SSSR count). The lowest BCUT2D eigenvalue weighted by atomic mass is 10.0. The standard InChI is InChI=1S/C33H63NO3/c1-3-5-7-9-11-13-15-16-17-19-21-23-25-27-29-33(37)34-31(30-35)32(36)28-26-24-22-20-18-14-12-10-8-6-4-2/h15-16,18,20,31-32,35-36H,3-14,17,19,21-30H2,1-2H3,(H,34,37)/b16-15+,20-18+/t31-,32+/m0/s1. The number of allylic oxidation sites excluding steroid dienone is 4. The lowest BCUT2D eigenvalue weighted by Gasteiger charge is -2.22. The van der Waals surface area contributed by atoms with Crippen LogP contribution in [0.4, 0.5) is 0 Å². The molecule has 3 N–H and O–H groups in total. The van der Waals surface area contributed by atoms with Gasteiger partial charge in [0.15, 0.2) is 0 Å². The molecular formula is C33H63NO3. The Kier molecular flexibility index (Phi) is 28.5. The first-order valence-electron chi connectivity index (χ1n) is 16.0. The highest BCUT2D eigenvalue weighted by Crippen LogP contribution is 2.12. The number of unbranched alkanes of at least 4 members (excludes halogenated alkanes) is 17. The van der Waals surface area contributed by atoms with Crippen LogP contribution in [-0.2, 0) is 4.79 Å². The molecule has 0 aliphatic heterocycles. The Labute approximate surface area is 230 Å². The summed E-state index contributed by atoms with van der Waals surface area (Å²) >= 11 is 0. The Hall–Kier alpha value is -1.13. The van der Waals surface area contributed by atoms with Gasteiger partial charge in [-0.3, -0.25) is 4.79 Å². The van der Waals surface area contributed by atoms with Crippen LogP contribution in [-0.4, -0.2) is 34.9 Å². The molecule has 0 heterocycles. The van der Waals surface area contributed by atoms with E-state index in [4.69, 9.17) is 0 Å². The SMILES string of the molecule is CCCCCCC/C=C/CCCCCCCC(=O)N[C@@H](CO)[C@H](O)CCCC/C=C/CCCCCCC. The van der Waals surface area contributed by atoms with Gasteiger partial charge in [0, 0.05) is 6.42 Å². The summed E-state index contributed by atoms with van der Waals surface area (Å²) in [6, 6.07) is -0.551. The van der Waals surface area contributed by atoms with Gasteiger partial charge in [0.1, 0.15) is 0 Å². The molecular weight excluding hydrogens is 458 g/mol. The van der Waals surface area contributed by atoms with Gasteiger partial charge < -0.3 is 15.5 Å². The van der Waals surface area contributed by atoms with E-state index in [1.54, 1.807) is 0 Å². The van der Waals surface area contributed by atoms with Crippen LogP contribution < -0.4 is 5.32 Å². The number of hydrogen-bond acceptors (Lipinski definition) is 3. The van der Waals surface area contributed by atoms with Gasteiger partial charge >= 0.3 is 0 Å². The summed E-state index contributed by atoms with van der Waals surface area (Å²) in [5.74, 6) is -0.0539. The highest BCUT2D eigenvalue weighted by molar-refractivity contribution is 5.76. The molecule has 0 spiro atoms. The summed E-state index contributed by atoms with van der Waals surface area (Å²) in [5, 5.41) is 22.9. The minimum Gasteiger partial charge on any atom is -0.394 e. The Morgan fingerprint density at radius 3 is 1.49 bits per heavy atom. The molecule has 2 atom stereocenters. The largest absolute Gasteiger partial charge is 0.394 e. The van der Waals surface area contributed by atoms with Crippen molar-refractivity contribution in [2.24, 2.45) is 0 Å². The number of nitrogens with one attached hydrogen (secondary N) is 1. The summed E-state index contributed by atoms with van der Waals surface area (Å²) in [6.07, 6.45) is 35.0. The zero-order chi connectivity index (χ0) is 27.2. The van der Waals surface area contributed by atoms with Crippen molar-refractivity contribution in [2.75, 3.05) is 6.61 Å². The van der Waals surface area contributed by atoms with Crippen molar-refractivity contribution in [1.82, 2.24) is 5.32 Å². The molecule has 0 radical (unpaired) electrons. The van der Waals surface area contributed by atoms with Gasteiger partial charge in [-0.05, 0) is 64.2 Å². The molecule has 4 nitrogen and oxygen atoms in total. The summed E-state index contributed by atoms with van der Waals surface area (Å²) in [6.45, 7) is 4.29. The second-order valence-electron chi connectivity index (χ2n) is 10.9. The van der Waals surface area contributed by atoms with Crippen LogP contribution in [0.15, 0.2) is 24.3 Å². The van der Waals surface area contributed by atoms with Gasteiger partial charge in [0.2, 0.25) is 5.91 Å². The minimum atomic E-state index is -0.680. The van der Waals surface area contributed by atoms with E-state index in [0.717, 1.165) is 38.5 Å². The molecule has 4 heteroatoms. The zero-order valence-electron chi connectivity index (χ0n) is 24.7. The topological polar surface area (TPSA) is 69.6 Å². The Balaban J connectivity index is 3.66. The van der Waals surface area contributed by atoms with E-state index in [0.29, 0.717) is 12.8 Å². The van der Waals surface area contributed by atoms with E-state index in [1.165, 1.54) is 96.3 Å². The number of aliphatic hydroxyl groups is 2. The second kappa shape index (κ2) is 29.4. The molecule has 0 saturated heterocycles. The maximum atomic E-state index is 12.2. The van der Waals surface area contributed by atoms with Gasteiger partial charge in [-0.15, -0.1) is 0 Å². The molecule has 0 aromatic carbocycles. The minimum absolute atomic E-state index is 0.0539. The average molecular weight is 522 g/mol. The van der Waals surface area contributed by atoms with Crippen molar-refractivity contribution in [3.63, 3.8) is 0 Å². The Morgan fingerprint density at radius 2 is 1.03 bits per heavy atom. The summed E-state index contributed by atoms with van der Waals surface area (Å²) in [7, 11) is 0. The van der Waals surface area contributed by atoms with Crippen LogP contribution in [0.2, 0.25) is 0 Å². The van der Waals surface area contributed by atoms with Crippen LogP contribution in [0.1, 0.15) is 162 Å². The fourth-order valence-corrected chi connectivity index (χ4v) is 4.64. The number of rotatable bonds is 28. The lowest BCUT2D eigenvalue weighted by Crippen LogP contribution is -2.45. The third-order valence-electron chi connectivity index (χ3n) is 7.18. The summed E-state index contributed by atoms with van der Waals surface area (Å²) in [4.78, 5) is 12.2. The first kappa shape index (κ1) is 35.9. The van der Waals surface area contributed by atoms with E-state index in [1.807, 2.05) is 0 Å². The van der Waals surface area contributed by atoms with Crippen LogP contribution in [0.25, 0.3) is 0 Å². The number of hydrogen-bond donors (Lipinski definition) is 3. The predicted octanol–water partition coefficient (Wildman–Crippen LogP) is 8.95. The fraction of sp³-hybridized carbons (Fsp3) is 0.848. The molecule has 0 saturated carbocycles.